The van der Waals surface area contributed by atoms with Crippen LogP contribution < -0.4 is 16.0 Å². The SMILES string of the molecule is CC(C)(C)[C@H](NC(=O)OCc1ccncc1)C(=O)N1C[C@H]2[C@@H]([C@H]1C(=O)N[C@H](C#N)C[C@@H]1CCCNC1=O)C2(C)C. The first-order valence-corrected chi connectivity index (χ1v) is 13.9. The van der Waals surface area contributed by atoms with Gasteiger partial charge in [0.1, 0.15) is 24.7 Å². The maximum absolute atomic E-state index is 14.0. The van der Waals surface area contributed by atoms with E-state index in [9.17, 15) is 24.4 Å². The lowest BCUT2D eigenvalue weighted by atomic mass is 9.85. The van der Waals surface area contributed by atoms with Crippen molar-refractivity contribution in [3.05, 3.63) is 30.1 Å². The summed E-state index contributed by atoms with van der Waals surface area (Å²) in [6, 6.07) is 3.03. The van der Waals surface area contributed by atoms with Gasteiger partial charge in [0.05, 0.1) is 6.07 Å². The molecule has 11 heteroatoms. The Morgan fingerprint density at radius 3 is 2.58 bits per heavy atom. The summed E-state index contributed by atoms with van der Waals surface area (Å²) < 4.78 is 5.36. The van der Waals surface area contributed by atoms with Crippen molar-refractivity contribution >= 4 is 23.8 Å². The summed E-state index contributed by atoms with van der Waals surface area (Å²) in [6.07, 6.45) is 4.20. The topological polar surface area (TPSA) is 154 Å². The van der Waals surface area contributed by atoms with Crippen molar-refractivity contribution in [3.63, 3.8) is 0 Å². The third-order valence-corrected chi connectivity index (χ3v) is 8.65. The summed E-state index contributed by atoms with van der Waals surface area (Å²) in [5, 5.41) is 18.1. The number of fused-ring (bicyclic) bond motifs is 1. The first-order chi connectivity index (χ1) is 18.8. The molecule has 3 heterocycles. The van der Waals surface area contributed by atoms with Crippen molar-refractivity contribution in [3.8, 4) is 6.07 Å². The minimum Gasteiger partial charge on any atom is -0.445 e. The quantitative estimate of drug-likeness (QED) is 0.446. The molecule has 0 aromatic carbocycles. The van der Waals surface area contributed by atoms with Crippen molar-refractivity contribution in [1.29, 1.82) is 5.26 Å². The zero-order valence-electron chi connectivity index (χ0n) is 23.9. The maximum Gasteiger partial charge on any atom is 0.408 e. The van der Waals surface area contributed by atoms with Crippen LogP contribution in [0.15, 0.2) is 24.5 Å². The van der Waals surface area contributed by atoms with Crippen molar-refractivity contribution in [2.45, 2.75) is 78.6 Å². The Labute approximate surface area is 235 Å². The maximum atomic E-state index is 14.0. The van der Waals surface area contributed by atoms with Crippen molar-refractivity contribution < 1.29 is 23.9 Å². The van der Waals surface area contributed by atoms with Gasteiger partial charge in [-0.2, -0.15) is 5.26 Å². The third kappa shape index (κ3) is 6.21. The van der Waals surface area contributed by atoms with E-state index in [0.717, 1.165) is 12.0 Å². The number of nitrogens with zero attached hydrogens (tertiary/aromatic N) is 3. The normalized spacial score (nSPS) is 26.4. The molecule has 0 radical (unpaired) electrons. The third-order valence-electron chi connectivity index (χ3n) is 8.65. The molecule has 0 bridgehead atoms. The molecule has 2 aliphatic heterocycles. The van der Waals surface area contributed by atoms with E-state index in [1.807, 2.05) is 20.8 Å². The molecule has 4 rings (SSSR count). The van der Waals surface area contributed by atoms with E-state index in [4.69, 9.17) is 4.74 Å². The lowest BCUT2D eigenvalue weighted by molar-refractivity contribution is -0.144. The number of piperidine rings is 2. The van der Waals surface area contributed by atoms with Crippen molar-refractivity contribution in [2.24, 2.45) is 28.6 Å². The Bertz CT molecular complexity index is 1170. The lowest BCUT2D eigenvalue weighted by Crippen LogP contribution is -2.60. The van der Waals surface area contributed by atoms with Crippen molar-refractivity contribution in [2.75, 3.05) is 13.1 Å². The van der Waals surface area contributed by atoms with Crippen LogP contribution in [0.25, 0.3) is 0 Å². The molecular weight excluding hydrogens is 512 g/mol. The highest BCUT2D eigenvalue weighted by Crippen LogP contribution is 2.65. The predicted octanol–water partition coefficient (Wildman–Crippen LogP) is 2.13. The number of carbonyl (C=O) groups excluding carboxylic acids is 4. The average Bonchev–Trinajstić information content (AvgIpc) is 3.23. The van der Waals surface area contributed by atoms with E-state index < -0.39 is 35.5 Å². The second-order valence-corrected chi connectivity index (χ2v) is 12.8. The van der Waals surface area contributed by atoms with Gasteiger partial charge in [0.25, 0.3) is 0 Å². The Hall–Kier alpha value is -3.68. The number of nitrogens with one attached hydrogen (secondary N) is 3. The lowest BCUT2D eigenvalue weighted by Gasteiger charge is -2.37. The second kappa shape index (κ2) is 11.4. The smallest absolute Gasteiger partial charge is 0.408 e. The Morgan fingerprint density at radius 2 is 1.95 bits per heavy atom. The minimum atomic E-state index is -0.939. The number of rotatable bonds is 8. The highest BCUT2D eigenvalue weighted by molar-refractivity contribution is 5.93. The number of pyridine rings is 1. The Morgan fingerprint density at radius 1 is 1.25 bits per heavy atom. The van der Waals surface area contributed by atoms with Crippen LogP contribution in [0.4, 0.5) is 4.79 Å². The number of hydrogen-bond acceptors (Lipinski definition) is 7. The molecule has 1 aliphatic carbocycles. The van der Waals surface area contributed by atoms with Crippen LogP contribution in [0.5, 0.6) is 0 Å². The number of likely N-dealkylation sites (tertiary alicyclic amines) is 1. The molecule has 0 spiro atoms. The average molecular weight is 553 g/mol. The first kappa shape index (κ1) is 29.3. The number of aromatic nitrogens is 1. The molecule has 0 unspecified atom stereocenters. The Kier molecular flexibility index (Phi) is 8.38. The van der Waals surface area contributed by atoms with Gasteiger partial charge in [0, 0.05) is 31.4 Å². The second-order valence-electron chi connectivity index (χ2n) is 12.8. The molecule has 6 atom stereocenters. The van der Waals surface area contributed by atoms with Gasteiger partial charge in [-0.15, -0.1) is 0 Å². The highest BCUT2D eigenvalue weighted by atomic mass is 16.5. The standard InChI is InChI=1S/C29H40N6O5/c1-28(2,3)23(34-27(39)40-16-17-8-11-31-12-9-17)26(38)35-15-20-21(29(20,4)5)22(35)25(37)33-19(14-30)13-18-7-6-10-32-24(18)36/h8-9,11-12,18-23H,6-7,10,13,15-16H2,1-5H3,(H,32,36)(H,33,37)(H,34,39)/t18-,19-,20-,21-,22-,23+/m0/s1. The molecule has 1 saturated carbocycles. The molecule has 11 nitrogen and oxygen atoms in total. The number of alkyl carbamates (subject to hydrolysis) is 1. The zero-order valence-corrected chi connectivity index (χ0v) is 23.9. The van der Waals surface area contributed by atoms with Gasteiger partial charge in [0.2, 0.25) is 17.7 Å². The Balaban J connectivity index is 1.46. The summed E-state index contributed by atoms with van der Waals surface area (Å²) >= 11 is 0. The van der Waals surface area contributed by atoms with Gasteiger partial charge in [-0.25, -0.2) is 4.79 Å². The summed E-state index contributed by atoms with van der Waals surface area (Å²) in [5.41, 5.74) is -0.0297. The first-order valence-electron chi connectivity index (χ1n) is 13.9. The van der Waals surface area contributed by atoms with E-state index in [2.05, 4.69) is 40.9 Å². The fourth-order valence-electron chi connectivity index (χ4n) is 6.16. The zero-order chi connectivity index (χ0) is 29.2. The molecule has 1 aromatic heterocycles. The summed E-state index contributed by atoms with van der Waals surface area (Å²) in [6.45, 7) is 10.7. The van der Waals surface area contributed by atoms with Crippen LogP contribution in [-0.4, -0.2) is 64.9 Å². The number of carbonyl (C=O) groups is 4. The number of nitriles is 1. The predicted molar refractivity (Wildman–Crippen MR) is 145 cm³/mol. The largest absolute Gasteiger partial charge is 0.445 e. The molecule has 4 amide bonds. The van der Waals surface area contributed by atoms with Crippen LogP contribution in [0.1, 0.15) is 59.4 Å². The summed E-state index contributed by atoms with van der Waals surface area (Å²) in [7, 11) is 0. The van der Waals surface area contributed by atoms with Gasteiger partial charge in [0.15, 0.2) is 0 Å². The van der Waals surface area contributed by atoms with Crippen LogP contribution >= 0.6 is 0 Å². The molecule has 3 N–H and O–H groups in total. The minimum absolute atomic E-state index is 0.0288. The van der Waals surface area contributed by atoms with Crippen LogP contribution in [-0.2, 0) is 25.7 Å². The van der Waals surface area contributed by atoms with E-state index in [1.54, 1.807) is 29.4 Å². The van der Waals surface area contributed by atoms with Gasteiger partial charge in [-0.3, -0.25) is 19.4 Å². The summed E-state index contributed by atoms with van der Waals surface area (Å²) in [4.78, 5) is 58.1. The van der Waals surface area contributed by atoms with E-state index in [-0.39, 0.29) is 48.0 Å². The molecule has 40 heavy (non-hydrogen) atoms. The molecule has 1 aromatic rings. The van der Waals surface area contributed by atoms with Crippen LogP contribution in [0, 0.1) is 39.9 Å². The van der Waals surface area contributed by atoms with Crippen molar-refractivity contribution in [1.82, 2.24) is 25.8 Å². The number of hydrogen-bond donors (Lipinski definition) is 3. The monoisotopic (exact) mass is 552 g/mol. The number of ether oxygens (including phenoxy) is 1. The van der Waals surface area contributed by atoms with Crippen LogP contribution in [0.3, 0.4) is 0 Å². The molecule has 216 valence electrons. The fraction of sp³-hybridized carbons (Fsp3) is 0.655. The van der Waals surface area contributed by atoms with E-state index in [1.165, 1.54) is 0 Å². The molecule has 3 fully saturated rings. The molecule has 2 saturated heterocycles. The molecule has 3 aliphatic rings. The van der Waals surface area contributed by atoms with Gasteiger partial charge >= 0.3 is 6.09 Å². The van der Waals surface area contributed by atoms with E-state index in [0.29, 0.717) is 19.5 Å². The van der Waals surface area contributed by atoms with Crippen LogP contribution in [0.2, 0.25) is 0 Å². The van der Waals surface area contributed by atoms with Gasteiger partial charge in [-0.1, -0.05) is 34.6 Å². The van der Waals surface area contributed by atoms with E-state index >= 15 is 0 Å². The number of amides is 4. The highest BCUT2D eigenvalue weighted by Gasteiger charge is 2.69. The van der Waals surface area contributed by atoms with Gasteiger partial charge in [-0.05, 0) is 59.6 Å². The summed E-state index contributed by atoms with van der Waals surface area (Å²) in [5.74, 6) is -1.13. The molecular formula is C29H40N6O5. The fourth-order valence-corrected chi connectivity index (χ4v) is 6.16. The van der Waals surface area contributed by atoms with Gasteiger partial charge < -0.3 is 25.6 Å².